The van der Waals surface area contributed by atoms with Crippen molar-refractivity contribution in [1.82, 2.24) is 14.8 Å². The van der Waals surface area contributed by atoms with E-state index in [1.165, 1.54) is 0 Å². The highest BCUT2D eigenvalue weighted by Crippen LogP contribution is 2.24. The summed E-state index contributed by atoms with van der Waals surface area (Å²) in [6.07, 6.45) is 0. The molecule has 0 bridgehead atoms. The lowest BCUT2D eigenvalue weighted by molar-refractivity contribution is 0.843. The summed E-state index contributed by atoms with van der Waals surface area (Å²) in [5, 5.41) is 5.12. The van der Waals surface area contributed by atoms with Gasteiger partial charge in [0.1, 0.15) is 0 Å². The van der Waals surface area contributed by atoms with Gasteiger partial charge in [0.2, 0.25) is 11.9 Å². The summed E-state index contributed by atoms with van der Waals surface area (Å²) in [4.78, 5) is 8.24. The summed E-state index contributed by atoms with van der Waals surface area (Å²) in [7, 11) is 7.67. The zero-order valence-electron chi connectivity index (χ0n) is 10.9. The molecule has 0 saturated heterocycles. The second-order valence-electron chi connectivity index (χ2n) is 4.36. The van der Waals surface area contributed by atoms with E-state index in [-0.39, 0.29) is 0 Å². The van der Waals surface area contributed by atoms with E-state index >= 15 is 0 Å². The summed E-state index contributed by atoms with van der Waals surface area (Å²) in [5.41, 5.74) is 0.823. The monoisotopic (exact) mass is 265 g/mol. The van der Waals surface area contributed by atoms with Crippen LogP contribution < -0.4 is 9.80 Å². The highest BCUT2D eigenvalue weighted by Gasteiger charge is 2.15. The summed E-state index contributed by atoms with van der Waals surface area (Å²) in [5.74, 6) is 1.39. The minimum atomic E-state index is 0.649. The molecule has 0 N–H and O–H groups in total. The van der Waals surface area contributed by atoms with Gasteiger partial charge in [0.15, 0.2) is 0 Å². The second-order valence-corrected chi connectivity index (χ2v) is 4.77. The van der Waals surface area contributed by atoms with Crippen LogP contribution in [0.1, 0.15) is 0 Å². The van der Waals surface area contributed by atoms with Gasteiger partial charge in [0, 0.05) is 28.2 Å². The predicted molar refractivity (Wildman–Crippen MR) is 75.0 cm³/mol. The van der Waals surface area contributed by atoms with Crippen molar-refractivity contribution in [3.05, 3.63) is 29.3 Å². The normalized spacial score (nSPS) is 10.5. The minimum absolute atomic E-state index is 0.649. The molecule has 1 aromatic heterocycles. The Balaban J connectivity index is 2.59. The van der Waals surface area contributed by atoms with E-state index in [1.54, 1.807) is 4.68 Å². The summed E-state index contributed by atoms with van der Waals surface area (Å²) in [6, 6.07) is 7.58. The Labute approximate surface area is 112 Å². The summed E-state index contributed by atoms with van der Waals surface area (Å²) in [6.45, 7) is 0. The summed E-state index contributed by atoms with van der Waals surface area (Å²) >= 11 is 6.20. The molecule has 0 radical (unpaired) electrons. The maximum absolute atomic E-state index is 6.20. The molecule has 1 heterocycles. The Kier molecular flexibility index (Phi) is 3.43. The fraction of sp³-hybridized carbons (Fsp3) is 0.333. The molecule has 0 aliphatic rings. The lowest BCUT2D eigenvalue weighted by Crippen LogP contribution is -2.15. The van der Waals surface area contributed by atoms with E-state index in [0.717, 1.165) is 11.6 Å². The zero-order valence-corrected chi connectivity index (χ0v) is 11.7. The van der Waals surface area contributed by atoms with Gasteiger partial charge in [-0.15, -0.1) is 5.10 Å². The van der Waals surface area contributed by atoms with Crippen LogP contribution >= 0.6 is 11.6 Å². The van der Waals surface area contributed by atoms with Gasteiger partial charge in [-0.3, -0.25) is 0 Å². The number of halogens is 1. The number of para-hydroxylation sites is 1. The van der Waals surface area contributed by atoms with E-state index in [2.05, 4.69) is 10.1 Å². The maximum atomic E-state index is 6.20. The standard InChI is InChI=1S/C12H16ClN5/c1-16(2)11-14-12(17(3)4)18(15-11)10-8-6-5-7-9(10)13/h5-8H,1-4H3. The van der Waals surface area contributed by atoms with Crippen molar-refractivity contribution >= 4 is 23.5 Å². The fourth-order valence-electron chi connectivity index (χ4n) is 1.56. The molecule has 96 valence electrons. The lowest BCUT2D eigenvalue weighted by Gasteiger charge is -2.12. The molecule has 0 atom stereocenters. The van der Waals surface area contributed by atoms with Gasteiger partial charge < -0.3 is 9.80 Å². The van der Waals surface area contributed by atoms with Crippen LogP contribution in [0.4, 0.5) is 11.9 Å². The topological polar surface area (TPSA) is 37.2 Å². The van der Waals surface area contributed by atoms with E-state index < -0.39 is 0 Å². The average Bonchev–Trinajstić information content (AvgIpc) is 2.74. The molecule has 0 spiro atoms. The highest BCUT2D eigenvalue weighted by molar-refractivity contribution is 6.32. The molecule has 2 rings (SSSR count). The van der Waals surface area contributed by atoms with Gasteiger partial charge in [0.25, 0.3) is 0 Å². The Morgan fingerprint density at radius 2 is 1.72 bits per heavy atom. The van der Waals surface area contributed by atoms with Crippen LogP contribution in [0.15, 0.2) is 24.3 Å². The van der Waals surface area contributed by atoms with E-state index in [1.807, 2.05) is 62.3 Å². The predicted octanol–water partition coefficient (Wildman–Crippen LogP) is 2.05. The first-order valence-electron chi connectivity index (χ1n) is 5.57. The van der Waals surface area contributed by atoms with Crippen LogP contribution in [0.5, 0.6) is 0 Å². The van der Waals surface area contributed by atoms with Crippen molar-refractivity contribution in [2.75, 3.05) is 38.0 Å². The van der Waals surface area contributed by atoms with Gasteiger partial charge in [0.05, 0.1) is 10.7 Å². The minimum Gasteiger partial charge on any atom is -0.347 e. The molecule has 0 amide bonds. The molecule has 5 nitrogen and oxygen atoms in total. The van der Waals surface area contributed by atoms with Crippen LogP contribution in [0, 0.1) is 0 Å². The molecular formula is C12H16ClN5. The molecule has 6 heteroatoms. The van der Waals surface area contributed by atoms with Gasteiger partial charge in [-0.2, -0.15) is 9.67 Å². The Hall–Kier alpha value is -1.75. The summed E-state index contributed by atoms with van der Waals surface area (Å²) < 4.78 is 1.75. The number of anilines is 2. The number of aromatic nitrogens is 3. The first kappa shape index (κ1) is 12.7. The molecule has 1 aromatic carbocycles. The van der Waals surface area contributed by atoms with Crippen molar-refractivity contribution in [2.24, 2.45) is 0 Å². The Bertz CT molecular complexity index is 547. The zero-order chi connectivity index (χ0) is 13.3. The molecule has 0 saturated carbocycles. The molecular weight excluding hydrogens is 250 g/mol. The number of rotatable bonds is 3. The molecule has 2 aromatic rings. The molecule has 18 heavy (non-hydrogen) atoms. The molecule has 0 unspecified atom stereocenters. The van der Waals surface area contributed by atoms with Crippen molar-refractivity contribution in [3.8, 4) is 5.69 Å². The van der Waals surface area contributed by atoms with E-state index in [4.69, 9.17) is 11.6 Å². The van der Waals surface area contributed by atoms with Crippen LogP contribution in [-0.2, 0) is 0 Å². The Morgan fingerprint density at radius 1 is 1.06 bits per heavy atom. The van der Waals surface area contributed by atoms with Crippen LogP contribution in [0.3, 0.4) is 0 Å². The maximum Gasteiger partial charge on any atom is 0.246 e. The first-order valence-corrected chi connectivity index (χ1v) is 5.95. The van der Waals surface area contributed by atoms with Gasteiger partial charge in [-0.25, -0.2) is 0 Å². The number of hydrogen-bond acceptors (Lipinski definition) is 4. The van der Waals surface area contributed by atoms with E-state index in [0.29, 0.717) is 11.0 Å². The molecule has 0 aliphatic carbocycles. The van der Waals surface area contributed by atoms with Gasteiger partial charge in [-0.1, -0.05) is 23.7 Å². The van der Waals surface area contributed by atoms with Crippen LogP contribution in [0.25, 0.3) is 5.69 Å². The fourth-order valence-corrected chi connectivity index (χ4v) is 1.77. The average molecular weight is 266 g/mol. The van der Waals surface area contributed by atoms with Crippen molar-refractivity contribution in [1.29, 1.82) is 0 Å². The highest BCUT2D eigenvalue weighted by atomic mass is 35.5. The van der Waals surface area contributed by atoms with E-state index in [9.17, 15) is 0 Å². The quantitative estimate of drug-likeness (QED) is 0.851. The third-order valence-corrected chi connectivity index (χ3v) is 2.78. The molecule has 0 aliphatic heterocycles. The van der Waals surface area contributed by atoms with Crippen LogP contribution in [0.2, 0.25) is 5.02 Å². The first-order chi connectivity index (χ1) is 8.50. The Morgan fingerprint density at radius 3 is 2.28 bits per heavy atom. The van der Waals surface area contributed by atoms with Crippen molar-refractivity contribution in [2.45, 2.75) is 0 Å². The van der Waals surface area contributed by atoms with Crippen molar-refractivity contribution in [3.63, 3.8) is 0 Å². The molecule has 0 fully saturated rings. The van der Waals surface area contributed by atoms with Crippen LogP contribution in [-0.4, -0.2) is 43.0 Å². The van der Waals surface area contributed by atoms with Gasteiger partial charge >= 0.3 is 0 Å². The van der Waals surface area contributed by atoms with Gasteiger partial charge in [-0.05, 0) is 12.1 Å². The second kappa shape index (κ2) is 4.86. The smallest absolute Gasteiger partial charge is 0.246 e. The third-order valence-electron chi connectivity index (χ3n) is 2.46. The number of hydrogen-bond donors (Lipinski definition) is 0. The number of nitrogens with zero attached hydrogens (tertiary/aromatic N) is 5. The number of benzene rings is 1. The SMILES string of the molecule is CN(C)c1nc(N(C)C)n(-c2ccccc2Cl)n1. The lowest BCUT2D eigenvalue weighted by atomic mass is 10.3. The largest absolute Gasteiger partial charge is 0.347 e. The third kappa shape index (κ3) is 2.26. The van der Waals surface area contributed by atoms with Crippen molar-refractivity contribution < 1.29 is 0 Å².